The van der Waals surface area contributed by atoms with Crippen molar-refractivity contribution in [2.24, 2.45) is 0 Å². The fourth-order valence-electron chi connectivity index (χ4n) is 3.75. The van der Waals surface area contributed by atoms with E-state index in [9.17, 15) is 9.90 Å². The van der Waals surface area contributed by atoms with Crippen LogP contribution in [0.2, 0.25) is 5.02 Å². The van der Waals surface area contributed by atoms with Crippen LogP contribution in [-0.2, 0) is 6.42 Å². The molecule has 0 bridgehead atoms. The smallest absolute Gasteiger partial charge is 0.336 e. The van der Waals surface area contributed by atoms with Crippen LogP contribution >= 0.6 is 11.6 Å². The molecule has 0 saturated carbocycles. The maximum Gasteiger partial charge on any atom is 0.336 e. The molecule has 1 N–H and O–H groups in total. The van der Waals surface area contributed by atoms with E-state index in [-0.39, 0.29) is 0 Å². The van der Waals surface area contributed by atoms with E-state index in [1.165, 1.54) is 11.8 Å². The van der Waals surface area contributed by atoms with E-state index < -0.39 is 5.97 Å². The molecular formula is C23H20ClNO3. The van der Waals surface area contributed by atoms with E-state index in [1.54, 1.807) is 12.3 Å². The number of aryl methyl sites for hydroxylation is 1. The predicted molar refractivity (Wildman–Crippen MR) is 109 cm³/mol. The third kappa shape index (κ3) is 3.87. The molecule has 0 radical (unpaired) electrons. The van der Waals surface area contributed by atoms with Gasteiger partial charge in [-0.15, -0.1) is 0 Å². The number of carbonyl (C=O) groups is 1. The number of aromatic carboxylic acids is 1. The first-order valence-corrected chi connectivity index (χ1v) is 9.68. The molecule has 2 aromatic carbocycles. The van der Waals surface area contributed by atoms with E-state index in [2.05, 4.69) is 23.2 Å². The summed E-state index contributed by atoms with van der Waals surface area (Å²) in [6, 6.07) is 15.6. The minimum atomic E-state index is -0.905. The fourth-order valence-corrected chi connectivity index (χ4v) is 3.88. The number of carboxylic acid groups (broad SMARTS) is 1. The lowest BCUT2D eigenvalue weighted by atomic mass is 9.86. The van der Waals surface area contributed by atoms with E-state index in [0.29, 0.717) is 29.5 Å². The van der Waals surface area contributed by atoms with Crippen LogP contribution in [0.15, 0.2) is 60.9 Å². The average molecular weight is 394 g/mol. The normalized spacial score (nSPS) is 15.5. The highest BCUT2D eigenvalue weighted by Crippen LogP contribution is 2.39. The van der Waals surface area contributed by atoms with Gasteiger partial charge in [0.15, 0.2) is 0 Å². The number of rotatable bonds is 5. The van der Waals surface area contributed by atoms with Crippen molar-refractivity contribution in [1.82, 2.24) is 4.98 Å². The first-order chi connectivity index (χ1) is 13.6. The first kappa shape index (κ1) is 18.5. The number of ether oxygens (including phenoxy) is 1. The maximum absolute atomic E-state index is 11.4. The first-order valence-electron chi connectivity index (χ1n) is 9.30. The zero-order valence-electron chi connectivity index (χ0n) is 15.3. The molecule has 1 atom stereocenters. The molecule has 0 fully saturated rings. The van der Waals surface area contributed by atoms with Crippen LogP contribution in [0.3, 0.4) is 0 Å². The monoisotopic (exact) mass is 393 g/mol. The summed E-state index contributed by atoms with van der Waals surface area (Å²) < 4.78 is 5.92. The molecule has 0 saturated heterocycles. The molecule has 2 heterocycles. The summed E-state index contributed by atoms with van der Waals surface area (Å²) in [4.78, 5) is 15.5. The number of benzene rings is 2. The van der Waals surface area contributed by atoms with Gasteiger partial charge in [-0.05, 0) is 71.7 Å². The lowest BCUT2D eigenvalue weighted by Crippen LogP contribution is -2.15. The van der Waals surface area contributed by atoms with E-state index in [1.807, 2.05) is 24.3 Å². The number of aromatic nitrogens is 1. The van der Waals surface area contributed by atoms with Crippen LogP contribution < -0.4 is 4.74 Å². The Hall–Kier alpha value is -2.85. The topological polar surface area (TPSA) is 59.4 Å². The van der Waals surface area contributed by atoms with Gasteiger partial charge >= 0.3 is 5.97 Å². The lowest BCUT2D eigenvalue weighted by Gasteiger charge is -2.26. The van der Waals surface area contributed by atoms with Crippen LogP contribution in [0.5, 0.6) is 5.75 Å². The SMILES string of the molecule is O=C(O)c1ccncc1CC[C@H]1CCOc2cc(-c3ccc(Cl)cc3)ccc21. The summed E-state index contributed by atoms with van der Waals surface area (Å²) in [5, 5.41) is 10.1. The Balaban J connectivity index is 1.54. The van der Waals surface area contributed by atoms with Crippen molar-refractivity contribution in [2.75, 3.05) is 6.61 Å². The van der Waals surface area contributed by atoms with Crippen molar-refractivity contribution >= 4 is 17.6 Å². The third-order valence-electron chi connectivity index (χ3n) is 5.25. The van der Waals surface area contributed by atoms with Crippen LogP contribution in [0.4, 0.5) is 0 Å². The standard InChI is InChI=1S/C23H20ClNO3/c24-19-6-3-15(4-7-19)17-5-8-20-16(10-12-28-22(20)13-17)1-2-18-14-25-11-9-21(18)23(26)27/h3-9,11,13-14,16H,1-2,10,12H2,(H,26,27)/t16-/m0/s1. The predicted octanol–water partition coefficient (Wildman–Crippen LogP) is 5.60. The quantitative estimate of drug-likeness (QED) is 0.613. The highest BCUT2D eigenvalue weighted by atomic mass is 35.5. The molecule has 5 heteroatoms. The van der Waals surface area contributed by atoms with Gasteiger partial charge in [0.05, 0.1) is 12.2 Å². The lowest BCUT2D eigenvalue weighted by molar-refractivity contribution is 0.0695. The molecule has 1 aromatic heterocycles. The van der Waals surface area contributed by atoms with Crippen LogP contribution in [-0.4, -0.2) is 22.7 Å². The van der Waals surface area contributed by atoms with Gasteiger partial charge in [0, 0.05) is 17.4 Å². The number of fused-ring (bicyclic) bond motifs is 1. The van der Waals surface area contributed by atoms with Gasteiger partial charge in [-0.1, -0.05) is 35.9 Å². The Morgan fingerprint density at radius 3 is 2.71 bits per heavy atom. The zero-order valence-corrected chi connectivity index (χ0v) is 16.0. The Kier molecular flexibility index (Phi) is 5.31. The number of nitrogens with zero attached hydrogens (tertiary/aromatic N) is 1. The maximum atomic E-state index is 11.4. The molecule has 4 rings (SSSR count). The Bertz CT molecular complexity index is 1000. The number of pyridine rings is 1. The summed E-state index contributed by atoms with van der Waals surface area (Å²) in [5.41, 5.74) is 4.49. The number of halogens is 1. The Morgan fingerprint density at radius 1 is 1.14 bits per heavy atom. The van der Waals surface area contributed by atoms with Gasteiger partial charge in [-0.3, -0.25) is 4.98 Å². The van der Waals surface area contributed by atoms with E-state index in [0.717, 1.165) is 35.3 Å². The second kappa shape index (κ2) is 8.03. The van der Waals surface area contributed by atoms with Crippen molar-refractivity contribution in [3.63, 3.8) is 0 Å². The van der Waals surface area contributed by atoms with Gasteiger partial charge in [0.2, 0.25) is 0 Å². The molecule has 1 aliphatic heterocycles. The molecule has 0 spiro atoms. The number of hydrogen-bond acceptors (Lipinski definition) is 3. The van der Waals surface area contributed by atoms with Crippen molar-refractivity contribution < 1.29 is 14.6 Å². The average Bonchev–Trinajstić information content (AvgIpc) is 2.72. The number of hydrogen-bond donors (Lipinski definition) is 1. The summed E-state index contributed by atoms with van der Waals surface area (Å²) in [6.45, 7) is 0.667. The van der Waals surface area contributed by atoms with Gasteiger partial charge in [-0.25, -0.2) is 4.79 Å². The van der Waals surface area contributed by atoms with Crippen LogP contribution in [0.1, 0.15) is 40.2 Å². The second-order valence-corrected chi connectivity index (χ2v) is 7.41. The number of carboxylic acids is 1. The van der Waals surface area contributed by atoms with E-state index in [4.69, 9.17) is 16.3 Å². The largest absolute Gasteiger partial charge is 0.493 e. The summed E-state index contributed by atoms with van der Waals surface area (Å²) in [5.74, 6) is 0.343. The fraction of sp³-hybridized carbons (Fsp3) is 0.217. The zero-order chi connectivity index (χ0) is 19.5. The molecule has 4 nitrogen and oxygen atoms in total. The van der Waals surface area contributed by atoms with Gasteiger partial charge in [0.1, 0.15) is 5.75 Å². The van der Waals surface area contributed by atoms with Crippen LogP contribution in [0, 0.1) is 0 Å². The molecule has 28 heavy (non-hydrogen) atoms. The second-order valence-electron chi connectivity index (χ2n) is 6.97. The molecule has 0 unspecified atom stereocenters. The van der Waals surface area contributed by atoms with Gasteiger partial charge < -0.3 is 9.84 Å². The molecular weight excluding hydrogens is 374 g/mol. The third-order valence-corrected chi connectivity index (χ3v) is 5.50. The molecule has 142 valence electrons. The van der Waals surface area contributed by atoms with Crippen molar-refractivity contribution in [3.8, 4) is 16.9 Å². The summed E-state index contributed by atoms with van der Waals surface area (Å²) >= 11 is 5.98. The molecule has 1 aliphatic rings. The van der Waals surface area contributed by atoms with E-state index >= 15 is 0 Å². The molecule has 0 aliphatic carbocycles. The van der Waals surface area contributed by atoms with Crippen molar-refractivity contribution in [2.45, 2.75) is 25.2 Å². The Labute approximate surface area is 168 Å². The Morgan fingerprint density at radius 2 is 1.93 bits per heavy atom. The summed E-state index contributed by atoms with van der Waals surface area (Å²) in [6.07, 6.45) is 5.65. The van der Waals surface area contributed by atoms with Crippen molar-refractivity contribution in [3.05, 3.63) is 82.6 Å². The minimum absolute atomic E-state index is 0.334. The minimum Gasteiger partial charge on any atom is -0.493 e. The van der Waals surface area contributed by atoms with Crippen LogP contribution in [0.25, 0.3) is 11.1 Å². The highest BCUT2D eigenvalue weighted by molar-refractivity contribution is 6.30. The molecule has 0 amide bonds. The van der Waals surface area contributed by atoms with Gasteiger partial charge in [-0.2, -0.15) is 0 Å². The van der Waals surface area contributed by atoms with Gasteiger partial charge in [0.25, 0.3) is 0 Å². The highest BCUT2D eigenvalue weighted by Gasteiger charge is 2.22. The summed E-state index contributed by atoms with van der Waals surface area (Å²) in [7, 11) is 0. The van der Waals surface area contributed by atoms with Crippen molar-refractivity contribution in [1.29, 1.82) is 0 Å². The molecule has 3 aromatic rings.